The van der Waals surface area contributed by atoms with Gasteiger partial charge in [0, 0.05) is 10.1 Å². The van der Waals surface area contributed by atoms with E-state index in [-0.39, 0.29) is 11.5 Å². The minimum absolute atomic E-state index is 0.0311. The van der Waals surface area contributed by atoms with Gasteiger partial charge >= 0.3 is 0 Å². The maximum absolute atomic E-state index is 10.7. The number of benzene rings is 2. The Morgan fingerprint density at radius 3 is 2.50 bits per heavy atom. The maximum Gasteiger partial charge on any atom is 0.115 e. The van der Waals surface area contributed by atoms with E-state index in [4.69, 9.17) is 0 Å². The molecule has 3 aliphatic rings. The first-order valence-corrected chi connectivity index (χ1v) is 11.3. The molecule has 0 aromatic heterocycles. The van der Waals surface area contributed by atoms with Crippen molar-refractivity contribution in [3.63, 3.8) is 0 Å². The molecule has 3 nitrogen and oxygen atoms in total. The van der Waals surface area contributed by atoms with Crippen LogP contribution in [0.5, 0.6) is 11.5 Å². The maximum atomic E-state index is 10.7. The molecule has 3 aliphatic carbocycles. The second-order valence-corrected chi connectivity index (χ2v) is 10.5. The van der Waals surface area contributed by atoms with E-state index >= 15 is 0 Å². The molecule has 148 valence electrons. The van der Waals surface area contributed by atoms with Gasteiger partial charge in [0.2, 0.25) is 0 Å². The number of fused-ring (bicyclic) bond motifs is 5. The molecule has 0 spiro atoms. The van der Waals surface area contributed by atoms with Crippen LogP contribution < -0.4 is 0 Å². The zero-order chi connectivity index (χ0) is 19.5. The molecular formula is C24H28O3S. The van der Waals surface area contributed by atoms with Gasteiger partial charge in [-0.25, -0.2) is 0 Å². The quantitative estimate of drug-likeness (QED) is 0.662. The summed E-state index contributed by atoms with van der Waals surface area (Å²) in [5.74, 6) is 2.22. The average molecular weight is 397 g/mol. The number of thioether (sulfide) groups is 1. The SMILES string of the molecule is C[C@]12CC[C@@H]3c4ccc(O)cc4CC(Sc4ccc(O)cc4)[C@H]3[C@@H]1CCC2O. The zero-order valence-electron chi connectivity index (χ0n) is 16.2. The van der Waals surface area contributed by atoms with Gasteiger partial charge in [-0.1, -0.05) is 13.0 Å². The number of phenolic OH excluding ortho intramolecular Hbond substituents is 2. The van der Waals surface area contributed by atoms with Crippen molar-refractivity contribution < 1.29 is 15.3 Å². The Morgan fingerprint density at radius 2 is 1.71 bits per heavy atom. The van der Waals surface area contributed by atoms with Crippen molar-refractivity contribution >= 4 is 11.8 Å². The topological polar surface area (TPSA) is 60.7 Å². The van der Waals surface area contributed by atoms with Crippen LogP contribution in [-0.4, -0.2) is 26.7 Å². The highest BCUT2D eigenvalue weighted by Crippen LogP contribution is 2.62. The Balaban J connectivity index is 1.55. The molecule has 2 aromatic carbocycles. The fourth-order valence-corrected chi connectivity index (χ4v) is 7.79. The Morgan fingerprint density at radius 1 is 0.964 bits per heavy atom. The average Bonchev–Trinajstić information content (AvgIpc) is 2.98. The molecule has 2 aromatic rings. The molecule has 2 unspecified atom stereocenters. The van der Waals surface area contributed by atoms with Crippen LogP contribution in [-0.2, 0) is 6.42 Å². The third kappa shape index (κ3) is 2.84. The summed E-state index contributed by atoms with van der Waals surface area (Å²) in [4.78, 5) is 1.18. The highest BCUT2D eigenvalue weighted by molar-refractivity contribution is 8.00. The van der Waals surface area contributed by atoms with Crippen molar-refractivity contribution in [2.45, 2.75) is 61.2 Å². The van der Waals surface area contributed by atoms with E-state index in [2.05, 4.69) is 13.0 Å². The highest BCUT2D eigenvalue weighted by atomic mass is 32.2. The van der Waals surface area contributed by atoms with E-state index in [9.17, 15) is 15.3 Å². The predicted octanol–water partition coefficient (Wildman–Crippen LogP) is 5.09. The molecule has 0 amide bonds. The first kappa shape index (κ1) is 18.4. The molecule has 0 aliphatic heterocycles. The van der Waals surface area contributed by atoms with Crippen LogP contribution in [0.1, 0.15) is 49.7 Å². The molecule has 3 N–H and O–H groups in total. The van der Waals surface area contributed by atoms with Crippen molar-refractivity contribution in [2.75, 3.05) is 0 Å². The minimum atomic E-state index is -0.181. The van der Waals surface area contributed by atoms with Gasteiger partial charge in [0.15, 0.2) is 0 Å². The largest absolute Gasteiger partial charge is 0.508 e. The molecule has 28 heavy (non-hydrogen) atoms. The fraction of sp³-hybridized carbons (Fsp3) is 0.500. The van der Waals surface area contributed by atoms with Crippen LogP contribution in [0, 0.1) is 17.3 Å². The van der Waals surface area contributed by atoms with Crippen LogP contribution in [0.25, 0.3) is 0 Å². The van der Waals surface area contributed by atoms with Gasteiger partial charge in [0.25, 0.3) is 0 Å². The summed E-state index contributed by atoms with van der Waals surface area (Å²) in [5, 5.41) is 30.8. The van der Waals surface area contributed by atoms with Crippen LogP contribution in [0.4, 0.5) is 0 Å². The lowest BCUT2D eigenvalue weighted by molar-refractivity contribution is -0.0209. The summed E-state index contributed by atoms with van der Waals surface area (Å²) in [5.41, 5.74) is 2.72. The van der Waals surface area contributed by atoms with Gasteiger partial charge in [-0.3, -0.25) is 0 Å². The van der Waals surface area contributed by atoms with Gasteiger partial charge in [0.1, 0.15) is 11.5 Å². The van der Waals surface area contributed by atoms with Gasteiger partial charge in [-0.2, -0.15) is 0 Å². The second kappa shape index (κ2) is 6.70. The number of aliphatic hydroxyl groups excluding tert-OH is 1. The normalized spacial score (nSPS) is 36.4. The van der Waals surface area contributed by atoms with Gasteiger partial charge in [0.05, 0.1) is 6.10 Å². The van der Waals surface area contributed by atoms with E-state index < -0.39 is 0 Å². The number of phenols is 2. The number of rotatable bonds is 2. The molecule has 0 heterocycles. The fourth-order valence-electron chi connectivity index (χ4n) is 6.35. The van der Waals surface area contributed by atoms with Gasteiger partial charge in [-0.15, -0.1) is 11.8 Å². The Labute approximate surface area is 170 Å². The smallest absolute Gasteiger partial charge is 0.115 e. The summed E-state index contributed by atoms with van der Waals surface area (Å²) in [7, 11) is 0. The van der Waals surface area contributed by atoms with Crippen molar-refractivity contribution in [3.05, 3.63) is 53.6 Å². The lowest BCUT2D eigenvalue weighted by Crippen LogP contribution is -2.48. The van der Waals surface area contributed by atoms with E-state index in [1.54, 1.807) is 12.1 Å². The summed E-state index contributed by atoms with van der Waals surface area (Å²) in [6, 6.07) is 13.4. The lowest BCUT2D eigenvalue weighted by atomic mass is 9.55. The molecule has 0 saturated heterocycles. The number of hydrogen-bond donors (Lipinski definition) is 3. The Bertz CT molecular complexity index is 880. The predicted molar refractivity (Wildman–Crippen MR) is 112 cm³/mol. The summed E-state index contributed by atoms with van der Waals surface area (Å²) >= 11 is 1.90. The minimum Gasteiger partial charge on any atom is -0.508 e. The molecule has 0 radical (unpaired) electrons. The van der Waals surface area contributed by atoms with Crippen molar-refractivity contribution in [1.82, 2.24) is 0 Å². The third-order valence-electron chi connectivity index (χ3n) is 7.78. The summed E-state index contributed by atoms with van der Waals surface area (Å²) < 4.78 is 0. The number of aromatic hydroxyl groups is 2. The van der Waals surface area contributed by atoms with Crippen LogP contribution >= 0.6 is 11.8 Å². The van der Waals surface area contributed by atoms with Gasteiger partial charge < -0.3 is 15.3 Å². The van der Waals surface area contributed by atoms with E-state index in [0.29, 0.717) is 34.5 Å². The Hall–Kier alpha value is -1.65. The highest BCUT2D eigenvalue weighted by Gasteiger charge is 2.56. The van der Waals surface area contributed by atoms with Gasteiger partial charge in [-0.05, 0) is 103 Å². The van der Waals surface area contributed by atoms with E-state index in [1.165, 1.54) is 16.0 Å². The third-order valence-corrected chi connectivity index (χ3v) is 9.11. The van der Waals surface area contributed by atoms with E-state index in [1.807, 2.05) is 36.0 Å². The van der Waals surface area contributed by atoms with Crippen molar-refractivity contribution in [1.29, 1.82) is 0 Å². The summed E-state index contributed by atoms with van der Waals surface area (Å²) in [6.07, 6.45) is 4.98. The van der Waals surface area contributed by atoms with Crippen molar-refractivity contribution in [2.24, 2.45) is 17.3 Å². The van der Waals surface area contributed by atoms with Crippen LogP contribution in [0.15, 0.2) is 47.4 Å². The zero-order valence-corrected chi connectivity index (χ0v) is 17.0. The molecule has 2 fully saturated rings. The second-order valence-electron chi connectivity index (χ2n) is 9.17. The molecular weight excluding hydrogens is 368 g/mol. The lowest BCUT2D eigenvalue weighted by Gasteiger charge is -2.52. The molecule has 4 heteroatoms. The Kier molecular flexibility index (Phi) is 4.40. The molecule has 2 saturated carbocycles. The first-order chi connectivity index (χ1) is 13.5. The first-order valence-electron chi connectivity index (χ1n) is 10.4. The van der Waals surface area contributed by atoms with E-state index in [0.717, 1.165) is 32.1 Å². The number of aliphatic hydroxyl groups is 1. The molecule has 5 rings (SSSR count). The monoisotopic (exact) mass is 396 g/mol. The molecule has 6 atom stereocenters. The summed E-state index contributed by atoms with van der Waals surface area (Å²) in [6.45, 7) is 2.31. The number of hydrogen-bond acceptors (Lipinski definition) is 4. The standard InChI is InChI=1S/C24H28O3S/c1-24-11-10-19-18-7-4-16(26)12-14(18)13-21(23(19)20(24)8-9-22(24)27)28-17-5-2-15(25)3-6-17/h2-7,12,19-23,25-27H,8-11,13H2,1H3/t19-,20+,21?,22?,23-,24+/m1/s1. The van der Waals surface area contributed by atoms with Crippen LogP contribution in [0.2, 0.25) is 0 Å². The van der Waals surface area contributed by atoms with Crippen LogP contribution in [0.3, 0.4) is 0 Å². The molecule has 0 bridgehead atoms. The van der Waals surface area contributed by atoms with Crippen molar-refractivity contribution in [3.8, 4) is 11.5 Å².